The second kappa shape index (κ2) is 13.3. The largest absolute Gasteiger partial charge is 0.450 e. The first-order valence-corrected chi connectivity index (χ1v) is 15.1. The van der Waals surface area contributed by atoms with E-state index in [4.69, 9.17) is 9.72 Å². The number of anilines is 1. The molecule has 0 N–H and O–H groups in total. The van der Waals surface area contributed by atoms with Crippen LogP contribution in [0.3, 0.4) is 0 Å². The molecule has 218 valence electrons. The number of hydrogen-bond acceptors (Lipinski definition) is 8. The van der Waals surface area contributed by atoms with Crippen LogP contribution in [0.2, 0.25) is 0 Å². The van der Waals surface area contributed by atoms with Gasteiger partial charge in [0.2, 0.25) is 10.0 Å². The highest BCUT2D eigenvalue weighted by atomic mass is 35.5. The zero-order valence-corrected chi connectivity index (χ0v) is 25.9. The quantitative estimate of drug-likeness (QED) is 0.380. The normalized spacial score (nSPS) is 14.3. The van der Waals surface area contributed by atoms with Crippen molar-refractivity contribution in [3.63, 3.8) is 0 Å². The lowest BCUT2D eigenvalue weighted by atomic mass is 10.1. The predicted molar refractivity (Wildman–Crippen MR) is 160 cm³/mol. The number of carbonyl (C=O) groups excluding carboxylic acids is 2. The Bertz CT molecular complexity index is 1450. The highest BCUT2D eigenvalue weighted by Crippen LogP contribution is 2.32. The van der Waals surface area contributed by atoms with Crippen molar-refractivity contribution in [3.8, 4) is 0 Å². The van der Waals surface area contributed by atoms with E-state index in [9.17, 15) is 18.0 Å². The Morgan fingerprint density at radius 3 is 2.27 bits per heavy atom. The van der Waals surface area contributed by atoms with Crippen LogP contribution in [-0.2, 0) is 14.8 Å². The minimum atomic E-state index is -3.77. The maximum Gasteiger partial charge on any atom is 0.409 e. The second-order valence-electron chi connectivity index (χ2n) is 9.80. The van der Waals surface area contributed by atoms with Gasteiger partial charge in [-0.3, -0.25) is 9.69 Å². The molecule has 0 spiro atoms. The van der Waals surface area contributed by atoms with Crippen LogP contribution in [0, 0.1) is 13.8 Å². The Morgan fingerprint density at radius 2 is 1.68 bits per heavy atom. The number of thiazole rings is 1. The molecule has 0 bridgehead atoms. The molecule has 2 amide bonds. The van der Waals surface area contributed by atoms with Crippen LogP contribution in [0.15, 0.2) is 41.3 Å². The summed E-state index contributed by atoms with van der Waals surface area (Å²) in [5.41, 5.74) is 3.46. The maximum atomic E-state index is 13.7. The molecule has 2 aromatic carbocycles. The van der Waals surface area contributed by atoms with Crippen LogP contribution in [0.4, 0.5) is 9.93 Å². The van der Waals surface area contributed by atoms with Crippen LogP contribution >= 0.6 is 23.7 Å². The predicted octanol–water partition coefficient (Wildman–Crippen LogP) is 4.01. The summed E-state index contributed by atoms with van der Waals surface area (Å²) >= 11 is 1.48. The molecule has 0 aliphatic carbocycles. The Kier molecular flexibility index (Phi) is 10.5. The SMILES string of the molecule is CCOC(=O)N1CCN(S(=O)(=O)c2ccc(C(=O)N(CCN(C)C)c3nc4c(C)cc(C)cc4s3)cc2)CC1.Cl. The number of likely N-dealkylation sites (N-methyl/N-ethyl adjacent to an activating group) is 1. The molecule has 0 atom stereocenters. The number of amides is 2. The van der Waals surface area contributed by atoms with Crippen molar-refractivity contribution in [3.05, 3.63) is 53.1 Å². The molecule has 2 heterocycles. The molecule has 0 saturated carbocycles. The number of aromatic nitrogens is 1. The fourth-order valence-electron chi connectivity index (χ4n) is 4.46. The molecule has 0 radical (unpaired) electrons. The van der Waals surface area contributed by atoms with Gasteiger partial charge in [0.25, 0.3) is 5.91 Å². The fraction of sp³-hybridized carbons (Fsp3) is 0.444. The van der Waals surface area contributed by atoms with Gasteiger partial charge in [-0.05, 0) is 76.3 Å². The topological polar surface area (TPSA) is 103 Å². The molecule has 1 saturated heterocycles. The lowest BCUT2D eigenvalue weighted by molar-refractivity contribution is 0.0933. The number of halogens is 1. The molecule has 1 aliphatic rings. The molecule has 40 heavy (non-hydrogen) atoms. The average molecular weight is 610 g/mol. The maximum absolute atomic E-state index is 13.7. The summed E-state index contributed by atoms with van der Waals surface area (Å²) < 4.78 is 33.9. The van der Waals surface area contributed by atoms with Crippen molar-refractivity contribution < 1.29 is 22.7 Å². The van der Waals surface area contributed by atoms with Gasteiger partial charge < -0.3 is 14.5 Å². The van der Waals surface area contributed by atoms with Gasteiger partial charge in [-0.2, -0.15) is 4.31 Å². The molecular formula is C27H36ClN5O5S2. The standard InChI is InChI=1S/C27H35N5O5S2.ClH/c1-6-37-27(34)30-12-14-31(15-13-30)39(35,36)22-9-7-21(8-10-22)25(33)32(16-11-29(4)5)26-28-24-20(3)17-19(2)18-23(24)38-26;/h7-10,17-18H,6,11-16H2,1-5H3;1H. The number of ether oxygens (including phenoxy) is 1. The molecule has 3 aromatic rings. The lowest BCUT2D eigenvalue weighted by Gasteiger charge is -2.33. The molecule has 10 nitrogen and oxygen atoms in total. The van der Waals surface area contributed by atoms with Gasteiger partial charge in [0, 0.05) is 44.8 Å². The van der Waals surface area contributed by atoms with Crippen LogP contribution in [0.25, 0.3) is 10.2 Å². The smallest absolute Gasteiger partial charge is 0.409 e. The third-order valence-corrected chi connectivity index (χ3v) is 9.51. The number of sulfonamides is 1. The van der Waals surface area contributed by atoms with Crippen LogP contribution in [-0.4, -0.2) is 99.5 Å². The fourth-order valence-corrected chi connectivity index (χ4v) is 7.05. The van der Waals surface area contributed by atoms with Gasteiger partial charge in [-0.1, -0.05) is 17.4 Å². The van der Waals surface area contributed by atoms with E-state index in [-0.39, 0.29) is 56.0 Å². The monoisotopic (exact) mass is 609 g/mol. The molecule has 1 aliphatic heterocycles. The van der Waals surface area contributed by atoms with Crippen molar-refractivity contribution in [2.75, 3.05) is 64.9 Å². The van der Waals surface area contributed by atoms with Crippen molar-refractivity contribution in [1.82, 2.24) is 19.1 Å². The summed E-state index contributed by atoms with van der Waals surface area (Å²) in [4.78, 5) is 35.7. The summed E-state index contributed by atoms with van der Waals surface area (Å²) in [6.07, 6.45) is -0.436. The van der Waals surface area contributed by atoms with Crippen LogP contribution < -0.4 is 4.90 Å². The summed E-state index contributed by atoms with van der Waals surface area (Å²) in [5, 5.41) is 0.613. The lowest BCUT2D eigenvalue weighted by Crippen LogP contribution is -2.50. The third-order valence-electron chi connectivity index (χ3n) is 6.57. The van der Waals surface area contributed by atoms with Crippen molar-refractivity contribution >= 4 is 61.1 Å². The van der Waals surface area contributed by atoms with E-state index < -0.39 is 16.1 Å². The zero-order valence-electron chi connectivity index (χ0n) is 23.4. The second-order valence-corrected chi connectivity index (χ2v) is 12.7. The third kappa shape index (κ3) is 6.92. The van der Waals surface area contributed by atoms with Gasteiger partial charge in [0.1, 0.15) is 0 Å². The molecule has 1 fully saturated rings. The molecule has 4 rings (SSSR count). The Hall–Kier alpha value is -2.77. The average Bonchev–Trinajstić information content (AvgIpc) is 3.33. The van der Waals surface area contributed by atoms with E-state index in [1.807, 2.05) is 32.8 Å². The minimum Gasteiger partial charge on any atom is -0.450 e. The molecule has 13 heteroatoms. The minimum absolute atomic E-state index is 0. The van der Waals surface area contributed by atoms with E-state index >= 15 is 0 Å². The molecular weight excluding hydrogens is 574 g/mol. The highest BCUT2D eigenvalue weighted by Gasteiger charge is 2.31. The first-order valence-electron chi connectivity index (χ1n) is 12.9. The summed E-state index contributed by atoms with van der Waals surface area (Å²) in [7, 11) is 0.117. The Balaban J connectivity index is 0.00000441. The van der Waals surface area contributed by atoms with Gasteiger partial charge in [0.15, 0.2) is 5.13 Å². The first-order chi connectivity index (χ1) is 18.5. The van der Waals surface area contributed by atoms with Gasteiger partial charge in [-0.15, -0.1) is 12.4 Å². The van der Waals surface area contributed by atoms with Gasteiger partial charge in [-0.25, -0.2) is 18.2 Å². The number of nitrogens with zero attached hydrogens (tertiary/aromatic N) is 5. The Labute approximate surface area is 246 Å². The number of hydrogen-bond donors (Lipinski definition) is 0. The highest BCUT2D eigenvalue weighted by molar-refractivity contribution is 7.89. The van der Waals surface area contributed by atoms with E-state index in [0.29, 0.717) is 23.8 Å². The number of carbonyl (C=O) groups is 2. The number of fused-ring (bicyclic) bond motifs is 1. The van der Waals surface area contributed by atoms with Crippen LogP contribution in [0.5, 0.6) is 0 Å². The summed E-state index contributed by atoms with van der Waals surface area (Å²) in [5.74, 6) is -0.239. The van der Waals surface area contributed by atoms with E-state index in [1.165, 1.54) is 32.7 Å². The number of piperazine rings is 1. The first kappa shape index (κ1) is 31.8. The molecule has 1 aromatic heterocycles. The Morgan fingerprint density at radius 1 is 1.02 bits per heavy atom. The summed E-state index contributed by atoms with van der Waals surface area (Å²) in [6, 6.07) is 10.2. The van der Waals surface area contributed by atoms with Crippen molar-refractivity contribution in [2.24, 2.45) is 0 Å². The molecule has 0 unspecified atom stereocenters. The number of aryl methyl sites for hydroxylation is 2. The van der Waals surface area contributed by atoms with E-state index in [0.717, 1.165) is 21.3 Å². The van der Waals surface area contributed by atoms with Gasteiger partial charge >= 0.3 is 6.09 Å². The van der Waals surface area contributed by atoms with Crippen molar-refractivity contribution in [2.45, 2.75) is 25.7 Å². The number of rotatable bonds is 8. The van der Waals surface area contributed by atoms with Gasteiger partial charge in [0.05, 0.1) is 21.7 Å². The summed E-state index contributed by atoms with van der Waals surface area (Å²) in [6.45, 7) is 8.01. The van der Waals surface area contributed by atoms with Crippen molar-refractivity contribution in [1.29, 1.82) is 0 Å². The van der Waals surface area contributed by atoms with E-state index in [1.54, 1.807) is 24.0 Å². The zero-order chi connectivity index (χ0) is 28.3. The van der Waals surface area contributed by atoms with Crippen LogP contribution in [0.1, 0.15) is 28.4 Å². The van der Waals surface area contributed by atoms with E-state index in [2.05, 4.69) is 12.1 Å². The number of benzene rings is 2.